The van der Waals surface area contributed by atoms with Crippen LogP contribution in [-0.4, -0.2) is 72.4 Å². The van der Waals surface area contributed by atoms with Crippen LogP contribution in [0.2, 0.25) is 0 Å². The van der Waals surface area contributed by atoms with Gasteiger partial charge in [-0.15, -0.1) is 0 Å². The van der Waals surface area contributed by atoms with Gasteiger partial charge in [-0.3, -0.25) is 9.69 Å². The molecule has 0 aromatic heterocycles. The van der Waals surface area contributed by atoms with Gasteiger partial charge in [0.05, 0.1) is 18.8 Å². The van der Waals surface area contributed by atoms with Crippen molar-refractivity contribution in [1.29, 1.82) is 0 Å². The number of morpholine rings is 1. The van der Waals surface area contributed by atoms with Gasteiger partial charge in [-0.2, -0.15) is 0 Å². The number of β-amino-alcohol motifs (C(OH)–C–C–N with tert-alkyl or cyclic N) is 1. The fourth-order valence-corrected chi connectivity index (χ4v) is 3.63. The molecule has 0 aliphatic carbocycles. The fourth-order valence-electron chi connectivity index (χ4n) is 3.63. The van der Waals surface area contributed by atoms with E-state index in [2.05, 4.69) is 4.90 Å². The molecule has 0 unspecified atom stereocenters. The van der Waals surface area contributed by atoms with E-state index in [-0.39, 0.29) is 12.5 Å². The first-order valence-electron chi connectivity index (χ1n) is 9.60. The third-order valence-corrected chi connectivity index (χ3v) is 5.35. The molecule has 2 aliphatic rings. The lowest BCUT2D eigenvalue weighted by atomic mass is 9.90. The molecular weight excluding hydrogens is 332 g/mol. The van der Waals surface area contributed by atoms with E-state index >= 15 is 0 Å². The number of rotatable bonds is 6. The van der Waals surface area contributed by atoms with Crippen LogP contribution in [0.5, 0.6) is 5.75 Å². The van der Waals surface area contributed by atoms with Crippen LogP contribution in [0.25, 0.3) is 0 Å². The van der Waals surface area contributed by atoms with Crippen molar-refractivity contribution in [2.45, 2.75) is 38.3 Å². The monoisotopic (exact) mass is 362 g/mol. The second kappa shape index (κ2) is 8.84. The number of carbonyl (C=O) groups excluding carboxylic acids is 1. The number of amides is 1. The molecule has 1 aromatic rings. The Morgan fingerprint density at radius 3 is 2.65 bits per heavy atom. The molecule has 2 aliphatic heterocycles. The lowest BCUT2D eigenvalue weighted by molar-refractivity contribution is -0.137. The van der Waals surface area contributed by atoms with Crippen molar-refractivity contribution in [3.8, 4) is 5.75 Å². The molecule has 2 saturated heterocycles. The number of nitrogens with zero attached hydrogens (tertiary/aromatic N) is 2. The second-order valence-electron chi connectivity index (χ2n) is 7.32. The molecule has 1 atom stereocenters. The van der Waals surface area contributed by atoms with E-state index in [4.69, 9.17) is 9.47 Å². The number of likely N-dealkylation sites (tertiary alicyclic amines) is 1. The van der Waals surface area contributed by atoms with Crippen LogP contribution < -0.4 is 4.74 Å². The third-order valence-electron chi connectivity index (χ3n) is 5.35. The summed E-state index contributed by atoms with van der Waals surface area (Å²) in [7, 11) is 0. The van der Waals surface area contributed by atoms with Crippen molar-refractivity contribution in [3.05, 3.63) is 29.8 Å². The van der Waals surface area contributed by atoms with E-state index < -0.39 is 5.60 Å². The Hall–Kier alpha value is -1.63. The summed E-state index contributed by atoms with van der Waals surface area (Å²) in [5.41, 5.74) is 0.651. The van der Waals surface area contributed by atoms with Gasteiger partial charge in [-0.05, 0) is 43.5 Å². The number of hydrogen-bond donors (Lipinski definition) is 1. The minimum absolute atomic E-state index is 0.00421. The predicted molar refractivity (Wildman–Crippen MR) is 99.1 cm³/mol. The first kappa shape index (κ1) is 19.1. The molecule has 0 spiro atoms. The van der Waals surface area contributed by atoms with Crippen molar-refractivity contribution in [2.24, 2.45) is 0 Å². The smallest absolute Gasteiger partial charge is 0.260 e. The fraction of sp³-hybridized carbons (Fsp3) is 0.650. The molecule has 0 bridgehead atoms. The van der Waals surface area contributed by atoms with Crippen LogP contribution in [0, 0.1) is 0 Å². The Morgan fingerprint density at radius 1 is 1.23 bits per heavy atom. The molecule has 1 N–H and O–H groups in total. The number of aliphatic hydroxyl groups is 1. The van der Waals surface area contributed by atoms with Crippen molar-refractivity contribution < 1.29 is 19.4 Å². The highest BCUT2D eigenvalue weighted by molar-refractivity contribution is 5.77. The van der Waals surface area contributed by atoms with Crippen molar-refractivity contribution >= 4 is 5.91 Å². The van der Waals surface area contributed by atoms with E-state index in [0.717, 1.165) is 38.9 Å². The van der Waals surface area contributed by atoms with Crippen molar-refractivity contribution in [3.63, 3.8) is 0 Å². The number of carbonyl (C=O) groups is 1. The quantitative estimate of drug-likeness (QED) is 0.834. The van der Waals surface area contributed by atoms with Crippen molar-refractivity contribution in [1.82, 2.24) is 9.80 Å². The number of hydrogen-bond acceptors (Lipinski definition) is 5. The largest absolute Gasteiger partial charge is 0.484 e. The highest BCUT2D eigenvalue weighted by Crippen LogP contribution is 2.25. The Labute approximate surface area is 155 Å². The summed E-state index contributed by atoms with van der Waals surface area (Å²) in [5.74, 6) is 0.712. The zero-order valence-corrected chi connectivity index (χ0v) is 15.7. The zero-order chi connectivity index (χ0) is 18.4. The van der Waals surface area contributed by atoms with Crippen LogP contribution in [-0.2, 0) is 16.1 Å². The molecule has 0 radical (unpaired) electrons. The van der Waals surface area contributed by atoms with Crippen LogP contribution in [0.15, 0.2) is 24.3 Å². The maximum Gasteiger partial charge on any atom is 0.260 e. The SMILES string of the molecule is CC[C@@]1(O)CCCN(Cc2ccc(OCC(=O)N3CCOCC3)cc2)C1. The molecule has 26 heavy (non-hydrogen) atoms. The molecule has 6 nitrogen and oxygen atoms in total. The Balaban J connectivity index is 1.46. The zero-order valence-electron chi connectivity index (χ0n) is 15.7. The maximum atomic E-state index is 12.1. The maximum absolute atomic E-state index is 12.1. The van der Waals surface area contributed by atoms with E-state index in [1.54, 1.807) is 4.90 Å². The lowest BCUT2D eigenvalue weighted by Crippen LogP contribution is -2.47. The topological polar surface area (TPSA) is 62.2 Å². The minimum Gasteiger partial charge on any atom is -0.484 e. The molecule has 1 amide bonds. The predicted octanol–water partition coefficient (Wildman–Crippen LogP) is 1.66. The van der Waals surface area contributed by atoms with E-state index in [1.807, 2.05) is 31.2 Å². The molecule has 2 fully saturated rings. The van der Waals surface area contributed by atoms with Gasteiger partial charge in [0.25, 0.3) is 5.91 Å². The van der Waals surface area contributed by atoms with Gasteiger partial charge in [0, 0.05) is 26.2 Å². The summed E-state index contributed by atoms with van der Waals surface area (Å²) in [6.07, 6.45) is 2.73. The average molecular weight is 362 g/mol. The second-order valence-corrected chi connectivity index (χ2v) is 7.32. The van der Waals surface area contributed by atoms with E-state index in [9.17, 15) is 9.90 Å². The molecule has 2 heterocycles. The number of piperidine rings is 1. The Kier molecular flexibility index (Phi) is 6.51. The van der Waals surface area contributed by atoms with Crippen LogP contribution in [0.3, 0.4) is 0 Å². The van der Waals surface area contributed by atoms with Gasteiger partial charge in [0.1, 0.15) is 5.75 Å². The van der Waals surface area contributed by atoms with Crippen LogP contribution >= 0.6 is 0 Å². The Morgan fingerprint density at radius 2 is 1.96 bits per heavy atom. The average Bonchev–Trinajstić information content (AvgIpc) is 2.68. The summed E-state index contributed by atoms with van der Waals surface area (Å²) in [6.45, 7) is 7.18. The Bertz CT molecular complexity index is 586. The van der Waals surface area contributed by atoms with E-state index in [1.165, 1.54) is 5.56 Å². The number of benzene rings is 1. The summed E-state index contributed by atoms with van der Waals surface area (Å²) in [5, 5.41) is 10.5. The standard InChI is InChI=1S/C20H30N2O4/c1-2-20(24)8-3-9-21(16-20)14-17-4-6-18(7-5-17)26-15-19(23)22-10-12-25-13-11-22/h4-7,24H,2-3,8-16H2,1H3/t20-/m1/s1. The highest BCUT2D eigenvalue weighted by atomic mass is 16.5. The minimum atomic E-state index is -0.541. The van der Waals surface area contributed by atoms with Gasteiger partial charge in [-0.25, -0.2) is 0 Å². The summed E-state index contributed by atoms with van der Waals surface area (Å²) in [6, 6.07) is 7.90. The van der Waals surface area contributed by atoms with Crippen LogP contribution in [0.4, 0.5) is 0 Å². The third kappa shape index (κ3) is 5.19. The summed E-state index contributed by atoms with van der Waals surface area (Å²) < 4.78 is 10.9. The first-order valence-corrected chi connectivity index (χ1v) is 9.60. The molecule has 1 aromatic carbocycles. The first-order chi connectivity index (χ1) is 12.6. The summed E-state index contributed by atoms with van der Waals surface area (Å²) >= 11 is 0. The van der Waals surface area contributed by atoms with Gasteiger partial charge < -0.3 is 19.5 Å². The van der Waals surface area contributed by atoms with E-state index in [0.29, 0.717) is 32.1 Å². The van der Waals surface area contributed by atoms with Gasteiger partial charge in [0.15, 0.2) is 6.61 Å². The normalized spacial score (nSPS) is 24.5. The molecule has 6 heteroatoms. The molecule has 3 rings (SSSR count). The molecular formula is C20H30N2O4. The van der Waals surface area contributed by atoms with Gasteiger partial charge in [0.2, 0.25) is 0 Å². The van der Waals surface area contributed by atoms with Gasteiger partial charge in [-0.1, -0.05) is 19.1 Å². The van der Waals surface area contributed by atoms with Crippen molar-refractivity contribution in [2.75, 3.05) is 46.0 Å². The lowest BCUT2D eigenvalue weighted by Gasteiger charge is -2.38. The molecule has 0 saturated carbocycles. The number of ether oxygens (including phenoxy) is 2. The summed E-state index contributed by atoms with van der Waals surface area (Å²) in [4.78, 5) is 16.2. The van der Waals surface area contributed by atoms with Gasteiger partial charge >= 0.3 is 0 Å². The highest BCUT2D eigenvalue weighted by Gasteiger charge is 2.31. The van der Waals surface area contributed by atoms with Crippen LogP contribution in [0.1, 0.15) is 31.7 Å². The molecule has 144 valence electrons.